The summed E-state index contributed by atoms with van der Waals surface area (Å²) < 4.78 is 67.7. The second-order valence-electron chi connectivity index (χ2n) is 8.46. The van der Waals surface area contributed by atoms with E-state index in [1.165, 1.54) is 17.2 Å². The molecule has 0 bridgehead atoms. The number of aromatic nitrogens is 3. The first-order chi connectivity index (χ1) is 14.7. The van der Waals surface area contributed by atoms with Crippen molar-refractivity contribution in [1.82, 2.24) is 19.9 Å². The van der Waals surface area contributed by atoms with E-state index in [1.807, 2.05) is 0 Å². The van der Waals surface area contributed by atoms with Gasteiger partial charge < -0.3 is 10.5 Å². The van der Waals surface area contributed by atoms with Crippen molar-refractivity contribution < 1.29 is 26.7 Å². The SMILES string of the molecule is Nc1ncc(-c2cc([C@H]3[C@@H]4CN(CC(F)(F)F)C[C@@H]43)nc(C3CC3)n2)cc1OC(F)F. The van der Waals surface area contributed by atoms with Crippen LogP contribution in [-0.2, 0) is 0 Å². The van der Waals surface area contributed by atoms with E-state index in [1.54, 1.807) is 6.07 Å². The molecule has 0 radical (unpaired) electrons. The fraction of sp³-hybridized carbons (Fsp3) is 0.550. The van der Waals surface area contributed by atoms with E-state index in [4.69, 9.17) is 10.7 Å². The Hall–Kier alpha value is -2.56. The van der Waals surface area contributed by atoms with E-state index in [0.717, 1.165) is 18.5 Å². The van der Waals surface area contributed by atoms with Gasteiger partial charge in [-0.15, -0.1) is 0 Å². The molecule has 0 spiro atoms. The molecule has 0 aromatic carbocycles. The lowest BCUT2D eigenvalue weighted by molar-refractivity contribution is -0.144. The molecular formula is C20H20F5N5O. The van der Waals surface area contributed by atoms with Gasteiger partial charge in [-0.1, -0.05) is 0 Å². The molecule has 11 heteroatoms. The number of anilines is 1. The minimum Gasteiger partial charge on any atom is -0.431 e. The molecule has 3 atom stereocenters. The van der Waals surface area contributed by atoms with Crippen LogP contribution in [0.1, 0.15) is 36.2 Å². The summed E-state index contributed by atoms with van der Waals surface area (Å²) in [6.07, 6.45) is -0.818. The van der Waals surface area contributed by atoms with Crippen molar-refractivity contribution in [3.63, 3.8) is 0 Å². The lowest BCUT2D eigenvalue weighted by Crippen LogP contribution is -2.34. The Balaban J connectivity index is 1.40. The van der Waals surface area contributed by atoms with Crippen LogP contribution in [0.25, 0.3) is 11.3 Å². The van der Waals surface area contributed by atoms with Crippen LogP contribution in [0.2, 0.25) is 0 Å². The molecule has 0 unspecified atom stereocenters. The molecular weight excluding hydrogens is 421 g/mol. The normalized spacial score (nSPS) is 25.7. The van der Waals surface area contributed by atoms with Crippen molar-refractivity contribution in [3.05, 3.63) is 29.8 Å². The minimum atomic E-state index is -4.20. The average molecular weight is 441 g/mol. The molecule has 2 aromatic heterocycles. The van der Waals surface area contributed by atoms with Crippen molar-refractivity contribution in [2.24, 2.45) is 11.8 Å². The van der Waals surface area contributed by atoms with E-state index >= 15 is 0 Å². The second kappa shape index (κ2) is 7.25. The highest BCUT2D eigenvalue weighted by atomic mass is 19.4. The third-order valence-corrected chi connectivity index (χ3v) is 6.11. The smallest absolute Gasteiger partial charge is 0.401 e. The Labute approximate surface area is 174 Å². The van der Waals surface area contributed by atoms with Crippen molar-refractivity contribution in [3.8, 4) is 17.0 Å². The molecule has 6 nitrogen and oxygen atoms in total. The summed E-state index contributed by atoms with van der Waals surface area (Å²) in [5.74, 6) is 0.908. The molecule has 3 fully saturated rings. The fourth-order valence-electron chi connectivity index (χ4n) is 4.55. The number of hydrogen-bond acceptors (Lipinski definition) is 6. The summed E-state index contributed by atoms with van der Waals surface area (Å²) in [7, 11) is 0. The maximum Gasteiger partial charge on any atom is 0.401 e. The number of rotatable bonds is 6. The van der Waals surface area contributed by atoms with E-state index in [2.05, 4.69) is 14.7 Å². The van der Waals surface area contributed by atoms with Crippen LogP contribution in [-0.4, -0.2) is 52.3 Å². The topological polar surface area (TPSA) is 77.2 Å². The number of hydrogen-bond donors (Lipinski definition) is 1. The quantitative estimate of drug-likeness (QED) is 0.687. The lowest BCUT2D eigenvalue weighted by Gasteiger charge is -2.21. The first-order valence-electron chi connectivity index (χ1n) is 10.1. The van der Waals surface area contributed by atoms with Gasteiger partial charge in [0, 0.05) is 42.4 Å². The Kier molecular flexibility index (Phi) is 4.76. The highest BCUT2D eigenvalue weighted by molar-refractivity contribution is 5.64. The van der Waals surface area contributed by atoms with Gasteiger partial charge in [0.05, 0.1) is 12.2 Å². The summed E-state index contributed by atoms with van der Waals surface area (Å²) in [5, 5.41) is 0. The molecule has 2 saturated carbocycles. The molecule has 1 aliphatic heterocycles. The van der Waals surface area contributed by atoms with Gasteiger partial charge in [-0.2, -0.15) is 22.0 Å². The molecule has 2 aromatic rings. The molecule has 3 heterocycles. The number of ether oxygens (including phenoxy) is 1. The molecule has 2 N–H and O–H groups in total. The summed E-state index contributed by atoms with van der Waals surface area (Å²) >= 11 is 0. The molecule has 0 amide bonds. The van der Waals surface area contributed by atoms with Crippen LogP contribution >= 0.6 is 0 Å². The van der Waals surface area contributed by atoms with E-state index in [9.17, 15) is 22.0 Å². The van der Waals surface area contributed by atoms with Crippen molar-refractivity contribution >= 4 is 5.82 Å². The predicted molar refractivity (Wildman–Crippen MR) is 100 cm³/mol. The molecule has 31 heavy (non-hydrogen) atoms. The van der Waals surface area contributed by atoms with Gasteiger partial charge in [-0.05, 0) is 36.8 Å². The number of nitrogens with two attached hydrogens (primary N) is 1. The van der Waals surface area contributed by atoms with Crippen LogP contribution < -0.4 is 10.5 Å². The van der Waals surface area contributed by atoms with Gasteiger partial charge in [0.25, 0.3) is 0 Å². The number of halogens is 5. The zero-order valence-corrected chi connectivity index (χ0v) is 16.3. The van der Waals surface area contributed by atoms with Crippen molar-refractivity contribution in [2.45, 2.75) is 37.5 Å². The first kappa shape index (κ1) is 20.3. The van der Waals surface area contributed by atoms with Crippen LogP contribution in [0.15, 0.2) is 18.3 Å². The number of nitrogen functional groups attached to an aromatic ring is 1. The van der Waals surface area contributed by atoms with Crippen LogP contribution in [0.4, 0.5) is 27.8 Å². The number of piperidine rings is 1. The fourth-order valence-corrected chi connectivity index (χ4v) is 4.55. The van der Waals surface area contributed by atoms with E-state index in [-0.39, 0.29) is 35.2 Å². The van der Waals surface area contributed by atoms with Gasteiger partial charge in [0.1, 0.15) is 5.82 Å². The Morgan fingerprint density at radius 1 is 1.13 bits per heavy atom. The van der Waals surface area contributed by atoms with Gasteiger partial charge >= 0.3 is 12.8 Å². The largest absolute Gasteiger partial charge is 0.431 e. The van der Waals surface area contributed by atoms with E-state index < -0.39 is 19.3 Å². The third-order valence-electron chi connectivity index (χ3n) is 6.11. The maximum atomic E-state index is 12.7. The molecule has 166 valence electrons. The summed E-state index contributed by atoms with van der Waals surface area (Å²) in [5.41, 5.74) is 7.41. The average Bonchev–Trinajstić information content (AvgIpc) is 3.59. The first-order valence-corrected chi connectivity index (χ1v) is 10.1. The van der Waals surface area contributed by atoms with Crippen LogP contribution in [0.3, 0.4) is 0 Å². The van der Waals surface area contributed by atoms with Gasteiger partial charge in [-0.25, -0.2) is 15.0 Å². The van der Waals surface area contributed by atoms with Gasteiger partial charge in [0.15, 0.2) is 11.6 Å². The second-order valence-corrected chi connectivity index (χ2v) is 8.46. The van der Waals surface area contributed by atoms with Gasteiger partial charge in [0.2, 0.25) is 0 Å². The minimum absolute atomic E-state index is 0.0854. The van der Waals surface area contributed by atoms with Crippen LogP contribution in [0.5, 0.6) is 5.75 Å². The zero-order chi connectivity index (χ0) is 21.9. The standard InChI is InChI=1S/C20H20F5N5O/c21-19(22)31-15-3-10(5-27-17(15)26)13-4-14(29-18(28-13)9-1-2-9)16-11-6-30(7-12(11)16)8-20(23,24)25/h3-5,9,11-12,16,19H,1-2,6-8H2,(H2,26,27)/t11-,12+,16+. The number of alkyl halides is 5. The molecule has 2 aliphatic carbocycles. The maximum absolute atomic E-state index is 12.7. The lowest BCUT2D eigenvalue weighted by atomic mass is 10.1. The molecule has 1 saturated heterocycles. The summed E-state index contributed by atoms with van der Waals surface area (Å²) in [4.78, 5) is 14.7. The highest BCUT2D eigenvalue weighted by Gasteiger charge is 2.58. The number of likely N-dealkylation sites (tertiary alicyclic amines) is 1. The third kappa shape index (κ3) is 4.28. The Morgan fingerprint density at radius 2 is 1.84 bits per heavy atom. The zero-order valence-electron chi connectivity index (χ0n) is 16.3. The highest BCUT2D eigenvalue weighted by Crippen LogP contribution is 2.58. The number of pyridine rings is 1. The van der Waals surface area contributed by atoms with E-state index in [0.29, 0.717) is 30.2 Å². The monoisotopic (exact) mass is 441 g/mol. The molecule has 5 rings (SSSR count). The summed E-state index contributed by atoms with van der Waals surface area (Å²) in [6.45, 7) is -3.14. The molecule has 3 aliphatic rings. The predicted octanol–water partition coefficient (Wildman–Crippen LogP) is 3.81. The van der Waals surface area contributed by atoms with Crippen LogP contribution in [0, 0.1) is 11.8 Å². The number of fused-ring (bicyclic) bond motifs is 1. The Bertz CT molecular complexity index is 984. The van der Waals surface area contributed by atoms with Crippen molar-refractivity contribution in [1.29, 1.82) is 0 Å². The van der Waals surface area contributed by atoms with Crippen molar-refractivity contribution in [2.75, 3.05) is 25.4 Å². The Morgan fingerprint density at radius 3 is 2.45 bits per heavy atom. The summed E-state index contributed by atoms with van der Waals surface area (Å²) in [6, 6.07) is 3.15. The van der Waals surface area contributed by atoms with Gasteiger partial charge in [-0.3, -0.25) is 4.90 Å². The number of nitrogens with zero attached hydrogens (tertiary/aromatic N) is 4.